The molecule has 2 rings (SSSR count). The number of nitrogens with zero attached hydrogens (tertiary/aromatic N) is 2. The molecule has 19 heavy (non-hydrogen) atoms. The van der Waals surface area contributed by atoms with Crippen molar-refractivity contribution in [1.82, 2.24) is 15.1 Å². The van der Waals surface area contributed by atoms with Gasteiger partial charge < -0.3 is 10.1 Å². The van der Waals surface area contributed by atoms with Crippen LogP contribution in [0.2, 0.25) is 0 Å². The zero-order valence-corrected chi connectivity index (χ0v) is 11.8. The van der Waals surface area contributed by atoms with Gasteiger partial charge in [0.05, 0.1) is 5.69 Å². The van der Waals surface area contributed by atoms with Gasteiger partial charge in [-0.2, -0.15) is 5.10 Å². The molecule has 1 aromatic heterocycles. The minimum Gasteiger partial charge on any atom is -0.487 e. The van der Waals surface area contributed by atoms with E-state index in [-0.39, 0.29) is 0 Å². The van der Waals surface area contributed by atoms with Crippen LogP contribution < -0.4 is 10.1 Å². The molecule has 4 nitrogen and oxygen atoms in total. The fourth-order valence-electron chi connectivity index (χ4n) is 1.87. The predicted molar refractivity (Wildman–Crippen MR) is 76.2 cm³/mol. The lowest BCUT2D eigenvalue weighted by Gasteiger charge is -2.10. The molecular weight excluding hydrogens is 238 g/mol. The van der Waals surface area contributed by atoms with Gasteiger partial charge in [0.25, 0.3) is 0 Å². The average Bonchev–Trinajstić information content (AvgIpc) is 2.83. The molecule has 1 atom stereocenters. The molecule has 0 aliphatic rings. The van der Waals surface area contributed by atoms with E-state index in [4.69, 9.17) is 4.74 Å². The van der Waals surface area contributed by atoms with E-state index in [2.05, 4.69) is 29.5 Å². The minimum atomic E-state index is 0.486. The topological polar surface area (TPSA) is 39.1 Å². The van der Waals surface area contributed by atoms with Gasteiger partial charge in [0.1, 0.15) is 12.4 Å². The summed E-state index contributed by atoms with van der Waals surface area (Å²) in [5.41, 5.74) is 2.25. The summed E-state index contributed by atoms with van der Waals surface area (Å²) in [6, 6.07) is 10.7. The van der Waals surface area contributed by atoms with Crippen molar-refractivity contribution in [2.75, 3.05) is 7.05 Å². The molecule has 0 aliphatic heterocycles. The van der Waals surface area contributed by atoms with Gasteiger partial charge in [0, 0.05) is 19.3 Å². The number of hydrogen-bond acceptors (Lipinski definition) is 3. The first-order valence-electron chi connectivity index (χ1n) is 6.55. The molecular formula is C15H21N3O. The standard InChI is InChI=1S/C15H21N3O/c1-12(16-2)10-13-4-6-15(7-5-13)19-11-14-8-9-18(3)17-14/h4-9,12,16H,10-11H2,1-3H3. The zero-order valence-electron chi connectivity index (χ0n) is 11.8. The molecule has 0 saturated heterocycles. The van der Waals surface area contributed by atoms with Crippen molar-refractivity contribution >= 4 is 0 Å². The largest absolute Gasteiger partial charge is 0.487 e. The van der Waals surface area contributed by atoms with Crippen LogP contribution in [0, 0.1) is 0 Å². The second-order valence-corrected chi connectivity index (χ2v) is 4.81. The fraction of sp³-hybridized carbons (Fsp3) is 0.400. The second kappa shape index (κ2) is 6.38. The highest BCUT2D eigenvalue weighted by Gasteiger charge is 2.02. The molecule has 2 aromatic rings. The number of likely N-dealkylation sites (N-methyl/N-ethyl adjacent to an activating group) is 1. The molecule has 1 heterocycles. The van der Waals surface area contributed by atoms with Crippen LogP contribution in [-0.2, 0) is 20.1 Å². The van der Waals surface area contributed by atoms with E-state index in [9.17, 15) is 0 Å². The molecule has 0 amide bonds. The maximum atomic E-state index is 5.70. The SMILES string of the molecule is CNC(C)Cc1ccc(OCc2ccn(C)n2)cc1. The summed E-state index contributed by atoms with van der Waals surface area (Å²) in [7, 11) is 3.89. The Morgan fingerprint density at radius 1 is 1.26 bits per heavy atom. The van der Waals surface area contributed by atoms with E-state index < -0.39 is 0 Å². The Labute approximate surface area is 114 Å². The molecule has 0 spiro atoms. The molecule has 4 heteroatoms. The Balaban J connectivity index is 1.88. The lowest BCUT2D eigenvalue weighted by molar-refractivity contribution is 0.300. The molecule has 0 bridgehead atoms. The van der Waals surface area contributed by atoms with E-state index in [0.717, 1.165) is 17.9 Å². The Kier molecular flexibility index (Phi) is 4.58. The van der Waals surface area contributed by atoms with Crippen LogP contribution in [0.15, 0.2) is 36.5 Å². The van der Waals surface area contributed by atoms with Gasteiger partial charge in [0.2, 0.25) is 0 Å². The summed E-state index contributed by atoms with van der Waals surface area (Å²) >= 11 is 0. The van der Waals surface area contributed by atoms with Gasteiger partial charge in [-0.15, -0.1) is 0 Å². The van der Waals surface area contributed by atoms with Crippen molar-refractivity contribution in [3.8, 4) is 5.75 Å². The van der Waals surface area contributed by atoms with E-state index in [1.807, 2.05) is 38.5 Å². The maximum Gasteiger partial charge on any atom is 0.132 e. The van der Waals surface area contributed by atoms with Crippen molar-refractivity contribution in [2.45, 2.75) is 26.0 Å². The first kappa shape index (κ1) is 13.6. The molecule has 0 fully saturated rings. The molecule has 102 valence electrons. The van der Waals surface area contributed by atoms with Crippen molar-refractivity contribution < 1.29 is 4.74 Å². The summed E-state index contributed by atoms with van der Waals surface area (Å²) in [5, 5.41) is 7.51. The third-order valence-electron chi connectivity index (χ3n) is 3.11. The van der Waals surface area contributed by atoms with E-state index >= 15 is 0 Å². The second-order valence-electron chi connectivity index (χ2n) is 4.81. The lowest BCUT2D eigenvalue weighted by atomic mass is 10.1. The molecule has 0 aliphatic carbocycles. The van der Waals surface area contributed by atoms with Gasteiger partial charge in [-0.25, -0.2) is 0 Å². The van der Waals surface area contributed by atoms with Crippen LogP contribution in [0.3, 0.4) is 0 Å². The number of benzene rings is 1. The van der Waals surface area contributed by atoms with Gasteiger partial charge in [-0.05, 0) is 44.2 Å². The number of nitrogens with one attached hydrogen (secondary N) is 1. The van der Waals surface area contributed by atoms with Crippen molar-refractivity contribution in [3.05, 3.63) is 47.8 Å². The van der Waals surface area contributed by atoms with Crippen LogP contribution in [0.5, 0.6) is 5.75 Å². The van der Waals surface area contributed by atoms with E-state index in [0.29, 0.717) is 12.6 Å². The number of rotatable bonds is 6. The highest BCUT2D eigenvalue weighted by molar-refractivity contribution is 5.27. The lowest BCUT2D eigenvalue weighted by Crippen LogP contribution is -2.23. The first-order valence-corrected chi connectivity index (χ1v) is 6.55. The van der Waals surface area contributed by atoms with E-state index in [1.165, 1.54) is 5.56 Å². The van der Waals surface area contributed by atoms with Crippen molar-refractivity contribution in [3.63, 3.8) is 0 Å². The summed E-state index contributed by atoms with van der Waals surface area (Å²) in [4.78, 5) is 0. The van der Waals surface area contributed by atoms with Crippen LogP contribution in [0.25, 0.3) is 0 Å². The highest BCUT2D eigenvalue weighted by Crippen LogP contribution is 2.14. The number of hydrogen-bond donors (Lipinski definition) is 1. The Morgan fingerprint density at radius 3 is 2.58 bits per heavy atom. The fourth-order valence-corrected chi connectivity index (χ4v) is 1.87. The van der Waals surface area contributed by atoms with Gasteiger partial charge in [0.15, 0.2) is 0 Å². The van der Waals surface area contributed by atoms with Crippen LogP contribution in [0.4, 0.5) is 0 Å². The zero-order chi connectivity index (χ0) is 13.7. The Hall–Kier alpha value is -1.81. The molecule has 1 N–H and O–H groups in total. The number of ether oxygens (including phenoxy) is 1. The Bertz CT molecular complexity index is 504. The summed E-state index contributed by atoms with van der Waals surface area (Å²) in [5.74, 6) is 0.881. The van der Waals surface area contributed by atoms with Crippen molar-refractivity contribution in [1.29, 1.82) is 0 Å². The molecule has 0 saturated carbocycles. The minimum absolute atomic E-state index is 0.486. The summed E-state index contributed by atoms with van der Waals surface area (Å²) in [6.07, 6.45) is 2.94. The average molecular weight is 259 g/mol. The number of aromatic nitrogens is 2. The number of aryl methyl sites for hydroxylation is 1. The monoisotopic (exact) mass is 259 g/mol. The third-order valence-corrected chi connectivity index (χ3v) is 3.11. The van der Waals surface area contributed by atoms with E-state index in [1.54, 1.807) is 4.68 Å². The molecule has 0 radical (unpaired) electrons. The van der Waals surface area contributed by atoms with Crippen LogP contribution in [-0.4, -0.2) is 22.9 Å². The van der Waals surface area contributed by atoms with Crippen LogP contribution in [0.1, 0.15) is 18.2 Å². The maximum absolute atomic E-state index is 5.70. The molecule has 1 aromatic carbocycles. The van der Waals surface area contributed by atoms with Gasteiger partial charge in [-0.1, -0.05) is 12.1 Å². The van der Waals surface area contributed by atoms with Crippen molar-refractivity contribution in [2.24, 2.45) is 7.05 Å². The summed E-state index contributed by atoms with van der Waals surface area (Å²) in [6.45, 7) is 2.68. The predicted octanol–water partition coefficient (Wildman–Crippen LogP) is 2.15. The first-order chi connectivity index (χ1) is 9.17. The van der Waals surface area contributed by atoms with Gasteiger partial charge >= 0.3 is 0 Å². The van der Waals surface area contributed by atoms with Gasteiger partial charge in [-0.3, -0.25) is 4.68 Å². The normalized spacial score (nSPS) is 12.4. The Morgan fingerprint density at radius 2 is 2.00 bits per heavy atom. The summed E-state index contributed by atoms with van der Waals surface area (Å²) < 4.78 is 7.48. The van der Waals surface area contributed by atoms with Crippen LogP contribution >= 0.6 is 0 Å². The smallest absolute Gasteiger partial charge is 0.132 e. The quantitative estimate of drug-likeness (QED) is 0.864. The third kappa shape index (κ3) is 4.10. The highest BCUT2D eigenvalue weighted by atomic mass is 16.5. The molecule has 1 unspecified atom stereocenters.